The highest BCUT2D eigenvalue weighted by Gasteiger charge is 2.09. The molecule has 2 aromatic rings. The van der Waals surface area contributed by atoms with Crippen LogP contribution in [0.5, 0.6) is 11.5 Å². The standard InChI is InChI=1S/C18H19N3O4/c1-25-16-9-5-3-7-14(16)20-17(23)10-11-18(24)21-19-12-13-6-2-4-8-15(13)22/h2-9,12,22H,10-11H2,1H3,(H,20,23)(H,21,24). The maximum atomic E-state index is 11.9. The van der Waals surface area contributed by atoms with E-state index in [0.717, 1.165) is 0 Å². The van der Waals surface area contributed by atoms with Crippen molar-refractivity contribution in [3.8, 4) is 11.5 Å². The van der Waals surface area contributed by atoms with Crippen molar-refractivity contribution in [1.82, 2.24) is 5.43 Å². The van der Waals surface area contributed by atoms with E-state index in [9.17, 15) is 14.7 Å². The molecule has 3 N–H and O–H groups in total. The van der Waals surface area contributed by atoms with E-state index in [4.69, 9.17) is 4.74 Å². The number of aromatic hydroxyl groups is 1. The molecule has 0 saturated carbocycles. The number of anilines is 1. The Kier molecular flexibility index (Phi) is 6.53. The molecule has 7 nitrogen and oxygen atoms in total. The quantitative estimate of drug-likeness (QED) is 0.531. The van der Waals surface area contributed by atoms with Crippen molar-refractivity contribution in [2.45, 2.75) is 12.8 Å². The molecule has 0 atom stereocenters. The van der Waals surface area contributed by atoms with Gasteiger partial charge in [-0.1, -0.05) is 24.3 Å². The fourth-order valence-corrected chi connectivity index (χ4v) is 2.01. The lowest BCUT2D eigenvalue weighted by Gasteiger charge is -2.09. The van der Waals surface area contributed by atoms with E-state index < -0.39 is 5.91 Å². The molecule has 0 aliphatic heterocycles. The van der Waals surface area contributed by atoms with Gasteiger partial charge in [-0.2, -0.15) is 5.10 Å². The highest BCUT2D eigenvalue weighted by Crippen LogP contribution is 2.23. The number of para-hydroxylation sites is 3. The monoisotopic (exact) mass is 341 g/mol. The number of phenolic OH excluding ortho intramolecular Hbond substituents is 1. The number of ether oxygens (including phenoxy) is 1. The van der Waals surface area contributed by atoms with Gasteiger partial charge in [-0.25, -0.2) is 5.43 Å². The van der Waals surface area contributed by atoms with E-state index in [-0.39, 0.29) is 24.5 Å². The molecule has 0 aromatic heterocycles. The average Bonchev–Trinajstić information content (AvgIpc) is 2.62. The maximum Gasteiger partial charge on any atom is 0.240 e. The van der Waals surface area contributed by atoms with Crippen molar-refractivity contribution in [3.05, 3.63) is 54.1 Å². The summed E-state index contributed by atoms with van der Waals surface area (Å²) < 4.78 is 5.14. The van der Waals surface area contributed by atoms with Crippen molar-refractivity contribution in [2.75, 3.05) is 12.4 Å². The van der Waals surface area contributed by atoms with E-state index in [0.29, 0.717) is 17.0 Å². The van der Waals surface area contributed by atoms with Crippen LogP contribution in [0.4, 0.5) is 5.69 Å². The summed E-state index contributed by atoms with van der Waals surface area (Å²) in [6.07, 6.45) is 1.33. The number of carbonyl (C=O) groups is 2. The Morgan fingerprint density at radius 1 is 1.08 bits per heavy atom. The first-order valence-corrected chi connectivity index (χ1v) is 7.63. The molecule has 2 aromatic carbocycles. The van der Waals surface area contributed by atoms with Gasteiger partial charge < -0.3 is 15.2 Å². The summed E-state index contributed by atoms with van der Waals surface area (Å²) in [4.78, 5) is 23.6. The van der Waals surface area contributed by atoms with E-state index in [1.54, 1.807) is 42.5 Å². The number of amides is 2. The molecule has 7 heteroatoms. The Hall–Kier alpha value is -3.35. The number of phenols is 1. The molecular weight excluding hydrogens is 322 g/mol. The Balaban J connectivity index is 1.78. The molecule has 0 fully saturated rings. The van der Waals surface area contributed by atoms with Gasteiger partial charge in [0.05, 0.1) is 19.0 Å². The minimum atomic E-state index is -0.401. The van der Waals surface area contributed by atoms with Crippen LogP contribution < -0.4 is 15.5 Å². The van der Waals surface area contributed by atoms with E-state index in [2.05, 4.69) is 15.8 Å². The Bertz CT molecular complexity index is 774. The number of methoxy groups -OCH3 is 1. The Labute approximate surface area is 145 Å². The molecule has 0 saturated heterocycles. The first-order chi connectivity index (χ1) is 12.1. The number of hydrazone groups is 1. The highest BCUT2D eigenvalue weighted by molar-refractivity contribution is 5.94. The third-order valence-electron chi connectivity index (χ3n) is 3.29. The van der Waals surface area contributed by atoms with Crippen molar-refractivity contribution < 1.29 is 19.4 Å². The zero-order valence-corrected chi connectivity index (χ0v) is 13.7. The summed E-state index contributed by atoms with van der Waals surface area (Å²) in [5.74, 6) is -0.0876. The first-order valence-electron chi connectivity index (χ1n) is 7.63. The zero-order chi connectivity index (χ0) is 18.1. The second kappa shape index (κ2) is 9.07. The molecular formula is C18H19N3O4. The van der Waals surface area contributed by atoms with Gasteiger partial charge in [0.15, 0.2) is 0 Å². The number of benzene rings is 2. The predicted molar refractivity (Wildman–Crippen MR) is 94.7 cm³/mol. The SMILES string of the molecule is COc1ccccc1NC(=O)CCC(=O)NN=Cc1ccccc1O. The molecule has 0 spiro atoms. The lowest BCUT2D eigenvalue weighted by molar-refractivity contribution is -0.124. The molecule has 2 rings (SSSR count). The number of carbonyl (C=O) groups excluding carboxylic acids is 2. The second-order valence-electron chi connectivity index (χ2n) is 5.10. The summed E-state index contributed by atoms with van der Waals surface area (Å²) in [5, 5.41) is 16.0. The largest absolute Gasteiger partial charge is 0.507 e. The lowest BCUT2D eigenvalue weighted by Crippen LogP contribution is -2.20. The van der Waals surface area contributed by atoms with Crippen molar-refractivity contribution in [1.29, 1.82) is 0 Å². The van der Waals surface area contributed by atoms with Gasteiger partial charge in [0.1, 0.15) is 11.5 Å². The van der Waals surface area contributed by atoms with Gasteiger partial charge in [0, 0.05) is 18.4 Å². The topological polar surface area (TPSA) is 100 Å². The smallest absolute Gasteiger partial charge is 0.240 e. The lowest BCUT2D eigenvalue weighted by atomic mass is 10.2. The van der Waals surface area contributed by atoms with E-state index in [1.165, 1.54) is 19.4 Å². The van der Waals surface area contributed by atoms with Crippen LogP contribution in [0.25, 0.3) is 0 Å². The fourth-order valence-electron chi connectivity index (χ4n) is 2.01. The fraction of sp³-hybridized carbons (Fsp3) is 0.167. The molecule has 25 heavy (non-hydrogen) atoms. The number of rotatable bonds is 7. The number of hydrogen-bond donors (Lipinski definition) is 3. The highest BCUT2D eigenvalue weighted by atomic mass is 16.5. The van der Waals surface area contributed by atoms with Crippen molar-refractivity contribution in [3.63, 3.8) is 0 Å². The average molecular weight is 341 g/mol. The van der Waals surface area contributed by atoms with Crippen molar-refractivity contribution >= 4 is 23.7 Å². The van der Waals surface area contributed by atoms with Crippen molar-refractivity contribution in [2.24, 2.45) is 5.10 Å². The van der Waals surface area contributed by atoms with Crippen LogP contribution in [0, 0.1) is 0 Å². The molecule has 0 aliphatic rings. The molecule has 0 heterocycles. The minimum absolute atomic E-state index is 0.00991. The van der Waals surface area contributed by atoms with E-state index >= 15 is 0 Å². The van der Waals surface area contributed by atoms with Crippen LogP contribution in [0.1, 0.15) is 18.4 Å². The Morgan fingerprint density at radius 3 is 2.52 bits per heavy atom. The number of hydrogen-bond acceptors (Lipinski definition) is 5. The van der Waals surface area contributed by atoms with Crippen LogP contribution in [-0.2, 0) is 9.59 Å². The summed E-state index contributed by atoms with van der Waals surface area (Å²) in [5.41, 5.74) is 3.35. The third kappa shape index (κ3) is 5.65. The predicted octanol–water partition coefficient (Wildman–Crippen LogP) is 2.27. The van der Waals surface area contributed by atoms with Crippen LogP contribution >= 0.6 is 0 Å². The summed E-state index contributed by atoms with van der Waals surface area (Å²) in [6.45, 7) is 0. The zero-order valence-electron chi connectivity index (χ0n) is 13.7. The molecule has 0 radical (unpaired) electrons. The van der Waals surface area contributed by atoms with Crippen LogP contribution in [-0.4, -0.2) is 30.2 Å². The number of nitrogens with one attached hydrogen (secondary N) is 2. The summed E-state index contributed by atoms with van der Waals surface area (Å²) in [7, 11) is 1.51. The van der Waals surface area contributed by atoms with E-state index in [1.807, 2.05) is 0 Å². The molecule has 2 amide bonds. The summed E-state index contributed by atoms with van der Waals surface area (Å²) in [6, 6.07) is 13.6. The summed E-state index contributed by atoms with van der Waals surface area (Å²) >= 11 is 0. The van der Waals surface area contributed by atoms with Gasteiger partial charge in [0.25, 0.3) is 0 Å². The van der Waals surface area contributed by atoms with Crippen LogP contribution in [0.15, 0.2) is 53.6 Å². The maximum absolute atomic E-state index is 11.9. The second-order valence-corrected chi connectivity index (χ2v) is 5.10. The van der Waals surface area contributed by atoms with Gasteiger partial charge in [-0.15, -0.1) is 0 Å². The molecule has 0 unspecified atom stereocenters. The Morgan fingerprint density at radius 2 is 1.76 bits per heavy atom. The van der Waals surface area contributed by atoms with Gasteiger partial charge in [-0.3, -0.25) is 9.59 Å². The van der Waals surface area contributed by atoms with Gasteiger partial charge >= 0.3 is 0 Å². The normalized spacial score (nSPS) is 10.4. The first kappa shape index (κ1) is 18.0. The molecule has 130 valence electrons. The minimum Gasteiger partial charge on any atom is -0.507 e. The molecule has 0 aliphatic carbocycles. The van der Waals surface area contributed by atoms with Gasteiger partial charge in [0.2, 0.25) is 11.8 Å². The van der Waals surface area contributed by atoms with Gasteiger partial charge in [-0.05, 0) is 24.3 Å². The van der Waals surface area contributed by atoms with Crippen LogP contribution in [0.3, 0.4) is 0 Å². The number of nitrogens with zero attached hydrogens (tertiary/aromatic N) is 1. The molecule has 0 bridgehead atoms. The van der Waals surface area contributed by atoms with Crippen LogP contribution in [0.2, 0.25) is 0 Å². The third-order valence-corrected chi connectivity index (χ3v) is 3.29.